The predicted molar refractivity (Wildman–Crippen MR) is 109 cm³/mol. The first-order valence-corrected chi connectivity index (χ1v) is 9.90. The van der Waals surface area contributed by atoms with Crippen LogP contribution in [0.3, 0.4) is 0 Å². The van der Waals surface area contributed by atoms with Gasteiger partial charge in [-0.1, -0.05) is 60.7 Å². The van der Waals surface area contributed by atoms with Crippen LogP contribution in [0.1, 0.15) is 42.1 Å². The van der Waals surface area contributed by atoms with Gasteiger partial charge in [-0.2, -0.15) is 0 Å². The van der Waals surface area contributed by atoms with Crippen LogP contribution in [0, 0.1) is 0 Å². The number of rotatable bonds is 7. The van der Waals surface area contributed by atoms with Gasteiger partial charge in [0.15, 0.2) is 0 Å². The highest BCUT2D eigenvalue weighted by Gasteiger charge is 2.16. The fourth-order valence-electron chi connectivity index (χ4n) is 3.67. The molecule has 0 bridgehead atoms. The largest absolute Gasteiger partial charge is 0.493 e. The van der Waals surface area contributed by atoms with E-state index in [0.717, 1.165) is 50.2 Å². The molecule has 1 aliphatic heterocycles. The van der Waals surface area contributed by atoms with Crippen LogP contribution in [0.5, 0.6) is 11.5 Å². The van der Waals surface area contributed by atoms with Crippen LogP contribution in [-0.2, 0) is 12.8 Å². The maximum Gasteiger partial charge on any atom is 0.124 e. The summed E-state index contributed by atoms with van der Waals surface area (Å²) in [6, 6.07) is 27.5. The molecule has 2 heteroatoms. The lowest BCUT2D eigenvalue weighted by molar-refractivity contribution is 0.191. The average molecular weight is 358 g/mol. The Morgan fingerprint density at radius 1 is 0.889 bits per heavy atom. The van der Waals surface area contributed by atoms with Crippen LogP contribution in [0.25, 0.3) is 0 Å². The van der Waals surface area contributed by atoms with Crippen molar-refractivity contribution in [3.63, 3.8) is 0 Å². The van der Waals surface area contributed by atoms with Crippen molar-refractivity contribution in [1.82, 2.24) is 0 Å². The van der Waals surface area contributed by atoms with E-state index in [2.05, 4.69) is 72.8 Å². The van der Waals surface area contributed by atoms with E-state index in [9.17, 15) is 0 Å². The molecule has 0 saturated heterocycles. The van der Waals surface area contributed by atoms with Gasteiger partial charge in [0.25, 0.3) is 0 Å². The summed E-state index contributed by atoms with van der Waals surface area (Å²) >= 11 is 0. The molecule has 0 aromatic heterocycles. The molecule has 1 unspecified atom stereocenters. The number of aryl methyl sites for hydroxylation is 2. The fraction of sp³-hybridized carbons (Fsp3) is 0.280. The minimum atomic E-state index is 0.0671. The maximum absolute atomic E-state index is 6.45. The number of hydrogen-bond donors (Lipinski definition) is 0. The molecule has 1 aliphatic rings. The van der Waals surface area contributed by atoms with Crippen LogP contribution in [0.4, 0.5) is 0 Å². The fourth-order valence-corrected chi connectivity index (χ4v) is 3.67. The van der Waals surface area contributed by atoms with Gasteiger partial charge < -0.3 is 9.47 Å². The molecule has 0 fully saturated rings. The predicted octanol–water partition coefficient (Wildman–Crippen LogP) is 6.15. The van der Waals surface area contributed by atoms with Crippen LogP contribution in [0.2, 0.25) is 0 Å². The lowest BCUT2D eigenvalue weighted by Gasteiger charge is -2.22. The Bertz CT molecular complexity index is 843. The van der Waals surface area contributed by atoms with E-state index >= 15 is 0 Å². The molecular weight excluding hydrogens is 332 g/mol. The highest BCUT2D eigenvalue weighted by atomic mass is 16.5. The zero-order valence-corrected chi connectivity index (χ0v) is 15.6. The van der Waals surface area contributed by atoms with Gasteiger partial charge >= 0.3 is 0 Å². The Kier molecular flexibility index (Phi) is 5.73. The number of benzene rings is 3. The molecule has 0 amide bonds. The summed E-state index contributed by atoms with van der Waals surface area (Å²) in [6.45, 7) is 0.819. The van der Waals surface area contributed by atoms with Crippen LogP contribution in [0.15, 0.2) is 78.9 Å². The van der Waals surface area contributed by atoms with E-state index in [0.29, 0.717) is 0 Å². The summed E-state index contributed by atoms with van der Waals surface area (Å²) in [5, 5.41) is 0. The van der Waals surface area contributed by atoms with Crippen LogP contribution in [-0.4, -0.2) is 6.61 Å². The SMILES string of the molecule is c1ccc(CCCC(Oc2ccc3c(c2)CCCO3)c2ccccc2)cc1. The van der Waals surface area contributed by atoms with Gasteiger partial charge in [-0.25, -0.2) is 0 Å². The highest BCUT2D eigenvalue weighted by Crippen LogP contribution is 2.32. The van der Waals surface area contributed by atoms with Crippen molar-refractivity contribution < 1.29 is 9.47 Å². The monoisotopic (exact) mass is 358 g/mol. The minimum Gasteiger partial charge on any atom is -0.493 e. The highest BCUT2D eigenvalue weighted by molar-refractivity contribution is 5.41. The smallest absolute Gasteiger partial charge is 0.124 e. The van der Waals surface area contributed by atoms with Gasteiger partial charge in [-0.3, -0.25) is 0 Å². The Morgan fingerprint density at radius 2 is 1.67 bits per heavy atom. The van der Waals surface area contributed by atoms with Crippen molar-refractivity contribution in [3.8, 4) is 11.5 Å². The van der Waals surface area contributed by atoms with Crippen LogP contribution >= 0.6 is 0 Å². The Labute approximate surface area is 161 Å². The summed E-state index contributed by atoms with van der Waals surface area (Å²) in [7, 11) is 0. The lowest BCUT2D eigenvalue weighted by atomic mass is 10.0. The maximum atomic E-state index is 6.45. The van der Waals surface area contributed by atoms with E-state index < -0.39 is 0 Å². The summed E-state index contributed by atoms with van der Waals surface area (Å²) in [5.74, 6) is 1.95. The average Bonchev–Trinajstić information content (AvgIpc) is 2.74. The molecule has 0 radical (unpaired) electrons. The van der Waals surface area contributed by atoms with Gasteiger partial charge in [-0.05, 0) is 67.0 Å². The first kappa shape index (κ1) is 17.7. The summed E-state index contributed by atoms with van der Waals surface area (Å²) in [6.07, 6.45) is 5.37. The Hall–Kier alpha value is -2.74. The second kappa shape index (κ2) is 8.77. The standard InChI is InChI=1S/C25H26O2/c1-3-9-20(10-4-1)11-7-15-25(21-12-5-2-6-13-21)27-23-16-17-24-22(19-23)14-8-18-26-24/h1-6,9-10,12-13,16-17,19,25H,7-8,11,14-15,18H2. The summed E-state index contributed by atoms with van der Waals surface area (Å²) < 4.78 is 12.2. The molecule has 0 saturated carbocycles. The second-order valence-electron chi connectivity index (χ2n) is 7.12. The number of hydrogen-bond acceptors (Lipinski definition) is 2. The van der Waals surface area contributed by atoms with E-state index in [4.69, 9.17) is 9.47 Å². The molecule has 4 rings (SSSR count). The third-order valence-corrected chi connectivity index (χ3v) is 5.10. The second-order valence-corrected chi connectivity index (χ2v) is 7.12. The third-order valence-electron chi connectivity index (χ3n) is 5.10. The van der Waals surface area contributed by atoms with Crippen molar-refractivity contribution in [2.75, 3.05) is 6.61 Å². The molecule has 138 valence electrons. The molecule has 3 aromatic rings. The van der Waals surface area contributed by atoms with Crippen molar-refractivity contribution in [2.24, 2.45) is 0 Å². The van der Waals surface area contributed by atoms with E-state index in [1.807, 2.05) is 6.07 Å². The third kappa shape index (κ3) is 4.71. The zero-order chi connectivity index (χ0) is 18.3. The summed E-state index contributed by atoms with van der Waals surface area (Å²) in [4.78, 5) is 0. The Morgan fingerprint density at radius 3 is 2.48 bits per heavy atom. The first-order chi connectivity index (χ1) is 13.4. The van der Waals surface area contributed by atoms with Gasteiger partial charge in [0, 0.05) is 0 Å². The van der Waals surface area contributed by atoms with Crippen molar-refractivity contribution in [2.45, 2.75) is 38.2 Å². The molecule has 0 aliphatic carbocycles. The quantitative estimate of drug-likeness (QED) is 0.504. The van der Waals surface area contributed by atoms with Crippen molar-refractivity contribution >= 4 is 0 Å². The first-order valence-electron chi connectivity index (χ1n) is 9.90. The topological polar surface area (TPSA) is 18.5 Å². The van der Waals surface area contributed by atoms with Gasteiger partial charge in [0.2, 0.25) is 0 Å². The number of fused-ring (bicyclic) bond motifs is 1. The van der Waals surface area contributed by atoms with Crippen molar-refractivity contribution in [3.05, 3.63) is 95.6 Å². The molecule has 27 heavy (non-hydrogen) atoms. The molecule has 0 N–H and O–H groups in total. The minimum absolute atomic E-state index is 0.0671. The molecular formula is C25H26O2. The van der Waals surface area contributed by atoms with Crippen LogP contribution < -0.4 is 9.47 Å². The van der Waals surface area contributed by atoms with E-state index in [1.165, 1.54) is 16.7 Å². The normalized spacial score (nSPS) is 14.1. The molecule has 1 atom stereocenters. The zero-order valence-electron chi connectivity index (χ0n) is 15.6. The number of ether oxygens (including phenoxy) is 2. The van der Waals surface area contributed by atoms with Crippen molar-refractivity contribution in [1.29, 1.82) is 0 Å². The van der Waals surface area contributed by atoms with Gasteiger partial charge in [-0.15, -0.1) is 0 Å². The lowest BCUT2D eigenvalue weighted by Crippen LogP contribution is -2.11. The molecule has 0 spiro atoms. The Balaban J connectivity index is 1.46. The molecule has 1 heterocycles. The molecule has 3 aromatic carbocycles. The summed E-state index contributed by atoms with van der Waals surface area (Å²) in [5.41, 5.74) is 3.88. The van der Waals surface area contributed by atoms with Gasteiger partial charge in [0.05, 0.1) is 6.61 Å². The molecule has 2 nitrogen and oxygen atoms in total. The van der Waals surface area contributed by atoms with E-state index in [-0.39, 0.29) is 6.10 Å². The van der Waals surface area contributed by atoms with Gasteiger partial charge in [0.1, 0.15) is 17.6 Å². The van der Waals surface area contributed by atoms with E-state index in [1.54, 1.807) is 0 Å².